The fourth-order valence-electron chi connectivity index (χ4n) is 1.01. The van der Waals surface area contributed by atoms with Crippen LogP contribution in [0.15, 0.2) is 23.4 Å². The monoisotopic (exact) mass is 248 g/mol. The van der Waals surface area contributed by atoms with Crippen molar-refractivity contribution in [2.75, 3.05) is 6.54 Å². The molecule has 1 atom stereocenters. The molecule has 90 valence electrons. The SMILES string of the molecule is O=C(O)[C@@H](O)CCNS(=O)(=O)c1cc[nH]c1. The highest BCUT2D eigenvalue weighted by atomic mass is 32.2. The molecule has 0 aromatic carbocycles. The number of carboxylic acids is 1. The Morgan fingerprint density at radius 3 is 2.75 bits per heavy atom. The second kappa shape index (κ2) is 5.10. The van der Waals surface area contributed by atoms with Crippen LogP contribution in [0, 0.1) is 0 Å². The third-order valence-corrected chi connectivity index (χ3v) is 3.33. The summed E-state index contributed by atoms with van der Waals surface area (Å²) >= 11 is 0. The van der Waals surface area contributed by atoms with Crippen LogP contribution in [0.1, 0.15) is 6.42 Å². The molecular weight excluding hydrogens is 236 g/mol. The van der Waals surface area contributed by atoms with Crippen LogP contribution in [-0.2, 0) is 14.8 Å². The molecule has 0 aliphatic carbocycles. The molecule has 0 fully saturated rings. The van der Waals surface area contributed by atoms with Gasteiger partial charge < -0.3 is 15.2 Å². The van der Waals surface area contributed by atoms with Crippen molar-refractivity contribution in [3.63, 3.8) is 0 Å². The Morgan fingerprint density at radius 2 is 2.25 bits per heavy atom. The Hall–Kier alpha value is -1.38. The highest BCUT2D eigenvalue weighted by molar-refractivity contribution is 7.89. The fraction of sp³-hybridized carbons (Fsp3) is 0.375. The van der Waals surface area contributed by atoms with Gasteiger partial charge in [-0.1, -0.05) is 0 Å². The number of nitrogens with one attached hydrogen (secondary N) is 2. The van der Waals surface area contributed by atoms with Crippen molar-refractivity contribution in [1.29, 1.82) is 0 Å². The quantitative estimate of drug-likeness (QED) is 0.521. The van der Waals surface area contributed by atoms with Gasteiger partial charge in [0, 0.05) is 18.9 Å². The fourth-order valence-corrected chi connectivity index (χ4v) is 2.04. The van der Waals surface area contributed by atoms with E-state index in [1.165, 1.54) is 18.5 Å². The Labute approximate surface area is 92.2 Å². The van der Waals surface area contributed by atoms with E-state index in [1.807, 2.05) is 0 Å². The zero-order valence-electron chi connectivity index (χ0n) is 8.25. The first-order chi connectivity index (χ1) is 7.43. The Bertz CT molecular complexity index is 439. The summed E-state index contributed by atoms with van der Waals surface area (Å²) in [6.07, 6.45) is 1.02. The van der Waals surface area contributed by atoms with Crippen molar-refractivity contribution >= 4 is 16.0 Å². The highest BCUT2D eigenvalue weighted by Crippen LogP contribution is 2.05. The van der Waals surface area contributed by atoms with Crippen molar-refractivity contribution in [2.45, 2.75) is 17.4 Å². The molecule has 0 unspecified atom stereocenters. The van der Waals surface area contributed by atoms with E-state index in [-0.39, 0.29) is 17.9 Å². The summed E-state index contributed by atoms with van der Waals surface area (Å²) in [5.74, 6) is -1.37. The summed E-state index contributed by atoms with van der Waals surface area (Å²) in [7, 11) is -3.62. The van der Waals surface area contributed by atoms with Gasteiger partial charge in [-0.25, -0.2) is 17.9 Å². The van der Waals surface area contributed by atoms with Gasteiger partial charge in [-0.2, -0.15) is 0 Å². The van der Waals surface area contributed by atoms with Gasteiger partial charge >= 0.3 is 5.97 Å². The van der Waals surface area contributed by atoms with Crippen LogP contribution in [0.3, 0.4) is 0 Å². The summed E-state index contributed by atoms with van der Waals surface area (Å²) < 4.78 is 25.1. The average Bonchev–Trinajstić information content (AvgIpc) is 2.70. The van der Waals surface area contributed by atoms with Crippen LogP contribution in [0.4, 0.5) is 0 Å². The van der Waals surface area contributed by atoms with E-state index < -0.39 is 22.1 Å². The molecule has 0 aliphatic heterocycles. The minimum absolute atomic E-state index is 0.0670. The number of aromatic amines is 1. The van der Waals surface area contributed by atoms with Gasteiger partial charge in [-0.3, -0.25) is 0 Å². The first-order valence-corrected chi connectivity index (χ1v) is 5.95. The van der Waals surface area contributed by atoms with Crippen LogP contribution in [0.2, 0.25) is 0 Å². The molecular formula is C8H12N2O5S. The van der Waals surface area contributed by atoms with Crippen molar-refractivity contribution in [2.24, 2.45) is 0 Å². The minimum Gasteiger partial charge on any atom is -0.479 e. The second-order valence-electron chi connectivity index (χ2n) is 3.09. The lowest BCUT2D eigenvalue weighted by Gasteiger charge is -2.06. The number of aliphatic carboxylic acids is 1. The lowest BCUT2D eigenvalue weighted by molar-refractivity contribution is -0.146. The standard InChI is InChI=1S/C8H12N2O5S/c11-7(8(12)13)2-4-10-16(14,15)6-1-3-9-5-6/h1,3,5,7,9-11H,2,4H2,(H,12,13)/t7-/m0/s1. The molecule has 0 aliphatic rings. The maximum absolute atomic E-state index is 11.5. The smallest absolute Gasteiger partial charge is 0.332 e. The van der Waals surface area contributed by atoms with Gasteiger partial charge in [0.25, 0.3) is 0 Å². The van der Waals surface area contributed by atoms with Gasteiger partial charge in [0.05, 0.1) is 4.90 Å². The van der Waals surface area contributed by atoms with Crippen molar-refractivity contribution in [3.05, 3.63) is 18.5 Å². The topological polar surface area (TPSA) is 119 Å². The van der Waals surface area contributed by atoms with Gasteiger partial charge in [0.2, 0.25) is 10.0 Å². The predicted molar refractivity (Wildman–Crippen MR) is 54.2 cm³/mol. The van der Waals surface area contributed by atoms with E-state index in [0.717, 1.165) is 0 Å². The molecule has 1 rings (SSSR count). The number of hydrogen-bond acceptors (Lipinski definition) is 4. The van der Waals surface area contributed by atoms with Crippen molar-refractivity contribution in [1.82, 2.24) is 9.71 Å². The first kappa shape index (κ1) is 12.7. The van der Waals surface area contributed by atoms with E-state index in [4.69, 9.17) is 10.2 Å². The Morgan fingerprint density at radius 1 is 1.56 bits per heavy atom. The molecule has 8 heteroatoms. The van der Waals surface area contributed by atoms with Crippen LogP contribution < -0.4 is 4.72 Å². The van der Waals surface area contributed by atoms with Crippen LogP contribution in [0.25, 0.3) is 0 Å². The number of aromatic nitrogens is 1. The molecule has 0 bridgehead atoms. The number of carbonyl (C=O) groups is 1. The predicted octanol–water partition coefficient (Wildman–Crippen LogP) is -0.871. The molecule has 0 radical (unpaired) electrons. The van der Waals surface area contributed by atoms with Crippen molar-refractivity contribution < 1.29 is 23.4 Å². The molecule has 0 saturated carbocycles. The third-order valence-electron chi connectivity index (χ3n) is 1.87. The van der Waals surface area contributed by atoms with E-state index in [1.54, 1.807) is 0 Å². The van der Waals surface area contributed by atoms with Crippen LogP contribution in [-0.4, -0.2) is 42.2 Å². The summed E-state index contributed by atoms with van der Waals surface area (Å²) in [6.45, 7) is -0.138. The molecule has 0 saturated heterocycles. The number of carboxylic acid groups (broad SMARTS) is 1. The maximum Gasteiger partial charge on any atom is 0.332 e. The van der Waals surface area contributed by atoms with Gasteiger partial charge in [0.1, 0.15) is 0 Å². The molecule has 1 aromatic heterocycles. The average molecular weight is 248 g/mol. The second-order valence-corrected chi connectivity index (χ2v) is 4.85. The lowest BCUT2D eigenvalue weighted by Crippen LogP contribution is -2.29. The summed E-state index contributed by atoms with van der Waals surface area (Å²) in [5, 5.41) is 17.3. The zero-order chi connectivity index (χ0) is 12.2. The number of rotatable bonds is 6. The number of aliphatic hydroxyl groups excluding tert-OH is 1. The van der Waals surface area contributed by atoms with E-state index in [9.17, 15) is 13.2 Å². The highest BCUT2D eigenvalue weighted by Gasteiger charge is 2.17. The molecule has 0 spiro atoms. The zero-order valence-corrected chi connectivity index (χ0v) is 9.07. The van der Waals surface area contributed by atoms with Gasteiger partial charge in [-0.05, 0) is 12.5 Å². The van der Waals surface area contributed by atoms with E-state index in [0.29, 0.717) is 0 Å². The summed E-state index contributed by atoms with van der Waals surface area (Å²) in [4.78, 5) is 12.9. The molecule has 7 nitrogen and oxygen atoms in total. The van der Waals surface area contributed by atoms with E-state index >= 15 is 0 Å². The normalized spacial score (nSPS) is 13.6. The molecule has 1 heterocycles. The van der Waals surface area contributed by atoms with E-state index in [2.05, 4.69) is 9.71 Å². The van der Waals surface area contributed by atoms with Crippen LogP contribution >= 0.6 is 0 Å². The Balaban J connectivity index is 2.47. The van der Waals surface area contributed by atoms with Crippen LogP contribution in [0.5, 0.6) is 0 Å². The molecule has 16 heavy (non-hydrogen) atoms. The molecule has 4 N–H and O–H groups in total. The largest absolute Gasteiger partial charge is 0.479 e. The maximum atomic E-state index is 11.5. The van der Waals surface area contributed by atoms with Gasteiger partial charge in [0.15, 0.2) is 6.10 Å². The lowest BCUT2D eigenvalue weighted by atomic mass is 10.3. The Kier molecular flexibility index (Phi) is 4.05. The first-order valence-electron chi connectivity index (χ1n) is 4.47. The summed E-state index contributed by atoms with van der Waals surface area (Å²) in [6, 6.07) is 1.37. The van der Waals surface area contributed by atoms with Crippen molar-refractivity contribution in [3.8, 4) is 0 Å². The summed E-state index contributed by atoms with van der Waals surface area (Å²) in [5.41, 5.74) is 0. The number of aliphatic hydroxyl groups is 1. The molecule has 0 amide bonds. The number of sulfonamides is 1. The van der Waals surface area contributed by atoms with Gasteiger partial charge in [-0.15, -0.1) is 0 Å². The molecule has 1 aromatic rings. The minimum atomic E-state index is -3.62. The number of H-pyrrole nitrogens is 1. The number of hydrogen-bond donors (Lipinski definition) is 4. The third kappa shape index (κ3) is 3.33.